The van der Waals surface area contributed by atoms with Gasteiger partial charge in [0.1, 0.15) is 11.5 Å². The second-order valence-electron chi connectivity index (χ2n) is 3.85. The molecule has 0 bridgehead atoms. The Labute approximate surface area is 105 Å². The van der Waals surface area contributed by atoms with Gasteiger partial charge in [0.15, 0.2) is 5.78 Å². The predicted octanol–water partition coefficient (Wildman–Crippen LogP) is 1.59. The van der Waals surface area contributed by atoms with Gasteiger partial charge in [0, 0.05) is 6.07 Å². The van der Waals surface area contributed by atoms with E-state index in [4.69, 9.17) is 14.2 Å². The van der Waals surface area contributed by atoms with Gasteiger partial charge in [0.2, 0.25) is 6.10 Å². The Balaban J connectivity index is 2.26. The number of ketones is 1. The molecule has 5 nitrogen and oxygen atoms in total. The van der Waals surface area contributed by atoms with E-state index in [0.717, 1.165) is 0 Å². The predicted molar refractivity (Wildman–Crippen MR) is 63.0 cm³/mol. The largest absolute Gasteiger partial charge is 0.497 e. The number of esters is 1. The van der Waals surface area contributed by atoms with Gasteiger partial charge in [-0.1, -0.05) is 0 Å². The van der Waals surface area contributed by atoms with E-state index in [2.05, 4.69) is 0 Å². The molecule has 1 aromatic rings. The van der Waals surface area contributed by atoms with E-state index in [1.807, 2.05) is 0 Å². The Morgan fingerprint density at radius 3 is 2.94 bits per heavy atom. The first-order valence-electron chi connectivity index (χ1n) is 5.70. The molecule has 0 N–H and O–H groups in total. The monoisotopic (exact) mass is 250 g/mol. The van der Waals surface area contributed by atoms with Gasteiger partial charge in [-0.25, -0.2) is 4.79 Å². The van der Waals surface area contributed by atoms with Gasteiger partial charge in [0.05, 0.1) is 25.7 Å². The molecular weight excluding hydrogens is 236 g/mol. The maximum atomic E-state index is 11.9. The Hall–Kier alpha value is -2.04. The van der Waals surface area contributed by atoms with Crippen molar-refractivity contribution in [2.75, 3.05) is 13.7 Å². The molecule has 0 saturated heterocycles. The smallest absolute Gasteiger partial charge is 0.347 e. The number of ether oxygens (including phenoxy) is 3. The van der Waals surface area contributed by atoms with E-state index in [1.54, 1.807) is 25.1 Å². The minimum Gasteiger partial charge on any atom is -0.497 e. The number of fused-ring (bicyclic) bond motifs is 1. The lowest BCUT2D eigenvalue weighted by Crippen LogP contribution is -2.35. The second-order valence-corrected chi connectivity index (χ2v) is 3.85. The molecule has 1 atom stereocenters. The third-order valence-electron chi connectivity index (χ3n) is 2.68. The highest BCUT2D eigenvalue weighted by atomic mass is 16.6. The molecule has 18 heavy (non-hydrogen) atoms. The molecule has 0 fully saturated rings. The van der Waals surface area contributed by atoms with Crippen LogP contribution in [0, 0.1) is 0 Å². The molecule has 1 aliphatic rings. The highest BCUT2D eigenvalue weighted by Gasteiger charge is 2.32. The zero-order valence-electron chi connectivity index (χ0n) is 10.3. The van der Waals surface area contributed by atoms with Crippen molar-refractivity contribution in [3.8, 4) is 11.5 Å². The SMILES string of the molecule is CCOC(=O)C1CC(=O)c2ccc(OC)cc2O1. The molecular formula is C13H14O5. The van der Waals surface area contributed by atoms with Gasteiger partial charge in [-0.15, -0.1) is 0 Å². The van der Waals surface area contributed by atoms with Crippen LogP contribution in [0.3, 0.4) is 0 Å². The Bertz CT molecular complexity index is 480. The summed E-state index contributed by atoms with van der Waals surface area (Å²) in [5, 5.41) is 0. The van der Waals surface area contributed by atoms with Crippen LogP contribution in [0.5, 0.6) is 11.5 Å². The van der Waals surface area contributed by atoms with Crippen LogP contribution in [-0.2, 0) is 9.53 Å². The molecule has 0 saturated carbocycles. The lowest BCUT2D eigenvalue weighted by molar-refractivity contribution is -0.151. The minimum atomic E-state index is -0.864. The fourth-order valence-corrected chi connectivity index (χ4v) is 1.80. The number of hydrogen-bond donors (Lipinski definition) is 0. The minimum absolute atomic E-state index is 0.0121. The summed E-state index contributed by atoms with van der Waals surface area (Å²) in [7, 11) is 1.52. The number of carbonyl (C=O) groups is 2. The molecule has 0 aliphatic carbocycles. The summed E-state index contributed by atoms with van der Waals surface area (Å²) in [4.78, 5) is 23.5. The maximum Gasteiger partial charge on any atom is 0.347 e. The third-order valence-corrected chi connectivity index (χ3v) is 2.68. The maximum absolute atomic E-state index is 11.9. The fraction of sp³-hybridized carbons (Fsp3) is 0.385. The zero-order valence-corrected chi connectivity index (χ0v) is 10.3. The third kappa shape index (κ3) is 2.30. The summed E-state index contributed by atoms with van der Waals surface area (Å²) in [6.45, 7) is 1.97. The van der Waals surface area contributed by atoms with Crippen LogP contribution in [0.4, 0.5) is 0 Å². The number of rotatable bonds is 3. The summed E-state index contributed by atoms with van der Waals surface area (Å²) < 4.78 is 15.4. The number of Topliss-reactive ketones (excluding diaryl/α,β-unsaturated/α-hetero) is 1. The van der Waals surface area contributed by atoms with Crippen molar-refractivity contribution in [3.05, 3.63) is 23.8 Å². The second kappa shape index (κ2) is 5.08. The van der Waals surface area contributed by atoms with Gasteiger partial charge in [-0.3, -0.25) is 4.79 Å². The van der Waals surface area contributed by atoms with Crippen molar-refractivity contribution in [1.29, 1.82) is 0 Å². The summed E-state index contributed by atoms with van der Waals surface area (Å²) in [5.41, 5.74) is 0.469. The Kier molecular flexibility index (Phi) is 3.50. The molecule has 1 heterocycles. The molecule has 1 unspecified atom stereocenters. The van der Waals surface area contributed by atoms with E-state index in [1.165, 1.54) is 7.11 Å². The van der Waals surface area contributed by atoms with E-state index >= 15 is 0 Å². The normalized spacial score (nSPS) is 17.7. The van der Waals surface area contributed by atoms with Crippen LogP contribution in [0.2, 0.25) is 0 Å². The van der Waals surface area contributed by atoms with Gasteiger partial charge >= 0.3 is 5.97 Å². The first-order chi connectivity index (χ1) is 8.65. The number of hydrogen-bond acceptors (Lipinski definition) is 5. The molecule has 5 heteroatoms. The quantitative estimate of drug-likeness (QED) is 0.762. The summed E-state index contributed by atoms with van der Waals surface area (Å²) >= 11 is 0. The highest BCUT2D eigenvalue weighted by molar-refractivity contribution is 6.02. The van der Waals surface area contributed by atoms with Crippen molar-refractivity contribution in [2.45, 2.75) is 19.4 Å². The molecule has 0 radical (unpaired) electrons. The summed E-state index contributed by atoms with van der Waals surface area (Å²) in [6.07, 6.45) is -0.852. The first-order valence-corrected chi connectivity index (χ1v) is 5.70. The fourth-order valence-electron chi connectivity index (χ4n) is 1.80. The molecule has 1 aliphatic heterocycles. The molecule has 0 spiro atoms. The van der Waals surface area contributed by atoms with E-state index < -0.39 is 12.1 Å². The summed E-state index contributed by atoms with van der Waals surface area (Å²) in [5.74, 6) is 0.297. The Morgan fingerprint density at radius 1 is 1.50 bits per heavy atom. The van der Waals surface area contributed by atoms with Crippen LogP contribution in [-0.4, -0.2) is 31.6 Å². The average Bonchev–Trinajstić information content (AvgIpc) is 2.38. The van der Waals surface area contributed by atoms with Crippen LogP contribution in [0.15, 0.2) is 18.2 Å². The lowest BCUT2D eigenvalue weighted by Gasteiger charge is -2.23. The van der Waals surface area contributed by atoms with Crippen LogP contribution in [0.1, 0.15) is 23.7 Å². The van der Waals surface area contributed by atoms with E-state index in [0.29, 0.717) is 17.1 Å². The van der Waals surface area contributed by atoms with E-state index in [9.17, 15) is 9.59 Å². The van der Waals surface area contributed by atoms with Crippen molar-refractivity contribution in [2.24, 2.45) is 0 Å². The number of methoxy groups -OCH3 is 1. The highest BCUT2D eigenvalue weighted by Crippen LogP contribution is 2.31. The number of carbonyl (C=O) groups excluding carboxylic acids is 2. The first kappa shape index (κ1) is 12.4. The van der Waals surface area contributed by atoms with Crippen LogP contribution >= 0.6 is 0 Å². The van der Waals surface area contributed by atoms with Gasteiger partial charge in [-0.2, -0.15) is 0 Å². The molecule has 96 valence electrons. The molecule has 2 rings (SSSR count). The zero-order chi connectivity index (χ0) is 13.1. The van der Waals surface area contributed by atoms with Crippen molar-refractivity contribution in [1.82, 2.24) is 0 Å². The Morgan fingerprint density at radius 2 is 2.28 bits per heavy atom. The van der Waals surface area contributed by atoms with Crippen LogP contribution < -0.4 is 9.47 Å². The van der Waals surface area contributed by atoms with Crippen molar-refractivity contribution >= 4 is 11.8 Å². The molecule has 0 aromatic heterocycles. The van der Waals surface area contributed by atoms with Gasteiger partial charge < -0.3 is 14.2 Å². The molecule has 1 aromatic carbocycles. The topological polar surface area (TPSA) is 61.8 Å². The van der Waals surface area contributed by atoms with Gasteiger partial charge in [-0.05, 0) is 19.1 Å². The van der Waals surface area contributed by atoms with Crippen molar-refractivity contribution < 1.29 is 23.8 Å². The average molecular weight is 250 g/mol. The molecule has 0 amide bonds. The van der Waals surface area contributed by atoms with E-state index in [-0.39, 0.29) is 18.8 Å². The summed E-state index contributed by atoms with van der Waals surface area (Å²) in [6, 6.07) is 4.92. The van der Waals surface area contributed by atoms with Crippen LogP contribution in [0.25, 0.3) is 0 Å². The standard InChI is InChI=1S/C13H14O5/c1-3-17-13(15)12-7-10(14)9-5-4-8(16-2)6-11(9)18-12/h4-6,12H,3,7H2,1-2H3. The lowest BCUT2D eigenvalue weighted by atomic mass is 10.0. The number of benzene rings is 1. The van der Waals surface area contributed by atoms with Gasteiger partial charge in [0.25, 0.3) is 0 Å². The van der Waals surface area contributed by atoms with Crippen molar-refractivity contribution in [3.63, 3.8) is 0 Å².